The van der Waals surface area contributed by atoms with Crippen molar-refractivity contribution in [3.63, 3.8) is 0 Å². The minimum absolute atomic E-state index is 0.0308. The van der Waals surface area contributed by atoms with E-state index in [0.717, 1.165) is 35.9 Å². The van der Waals surface area contributed by atoms with Gasteiger partial charge >= 0.3 is 11.8 Å². The summed E-state index contributed by atoms with van der Waals surface area (Å²) < 4.78 is 50.2. The summed E-state index contributed by atoms with van der Waals surface area (Å²) >= 11 is 12.6. The third-order valence-electron chi connectivity index (χ3n) is 5.25. The molecule has 4 nitrogen and oxygen atoms in total. The molecular weight excluding hydrogens is 454 g/mol. The summed E-state index contributed by atoms with van der Waals surface area (Å²) in [5.41, 5.74) is 0.818. The van der Waals surface area contributed by atoms with Crippen LogP contribution >= 0.6 is 23.2 Å². The largest absolute Gasteiger partial charge is 0.471 e. The van der Waals surface area contributed by atoms with Crippen LogP contribution in [0.15, 0.2) is 39.5 Å². The van der Waals surface area contributed by atoms with Crippen LogP contribution in [0.5, 0.6) is 5.75 Å². The fourth-order valence-corrected chi connectivity index (χ4v) is 4.30. The van der Waals surface area contributed by atoms with Gasteiger partial charge < -0.3 is 14.1 Å². The van der Waals surface area contributed by atoms with Crippen LogP contribution in [0.1, 0.15) is 36.5 Å². The Balaban J connectivity index is 1.79. The molecule has 0 saturated carbocycles. The molecule has 9 heteroatoms. The lowest BCUT2D eigenvalue weighted by atomic mass is 10.0. The quantitative estimate of drug-likeness (QED) is 0.391. The molecule has 0 radical (unpaired) electrons. The molecule has 0 aliphatic carbocycles. The second-order valence-electron chi connectivity index (χ2n) is 7.37. The standard InChI is InChI=1S/C22H18Cl2F3NO3/c1-2-3-4-12-7-19(29)31-20-14(12)9-17(24)21-15(20)10-28(11-30-21)18-6-5-13(8-16(18)23)22(25,26)27/h5-9H,2-4,10-11H2,1H3. The summed E-state index contributed by atoms with van der Waals surface area (Å²) in [4.78, 5) is 13.9. The van der Waals surface area contributed by atoms with Crippen LogP contribution in [-0.2, 0) is 19.1 Å². The Morgan fingerprint density at radius 2 is 1.90 bits per heavy atom. The van der Waals surface area contributed by atoms with Crippen molar-refractivity contribution in [3.05, 3.63) is 67.5 Å². The van der Waals surface area contributed by atoms with Crippen molar-refractivity contribution in [2.24, 2.45) is 0 Å². The number of benzene rings is 2. The van der Waals surface area contributed by atoms with Crippen LogP contribution in [0.2, 0.25) is 10.0 Å². The van der Waals surface area contributed by atoms with E-state index in [1.165, 1.54) is 12.1 Å². The molecule has 164 valence electrons. The fraction of sp³-hybridized carbons (Fsp3) is 0.318. The molecule has 1 aliphatic rings. The van der Waals surface area contributed by atoms with E-state index in [9.17, 15) is 18.0 Å². The Morgan fingerprint density at radius 3 is 2.58 bits per heavy atom. The van der Waals surface area contributed by atoms with Gasteiger partial charge in [0.1, 0.15) is 11.3 Å². The maximum absolute atomic E-state index is 13.0. The van der Waals surface area contributed by atoms with Crippen molar-refractivity contribution in [1.82, 2.24) is 0 Å². The van der Waals surface area contributed by atoms with Gasteiger partial charge in [0.25, 0.3) is 0 Å². The first-order valence-electron chi connectivity index (χ1n) is 9.71. The van der Waals surface area contributed by atoms with E-state index < -0.39 is 17.4 Å². The SMILES string of the molecule is CCCCc1cc(=O)oc2c3c(c(Cl)cc12)OCN(c1ccc(C(F)(F)F)cc1Cl)C3. The lowest BCUT2D eigenvalue weighted by molar-refractivity contribution is -0.137. The number of hydrogen-bond acceptors (Lipinski definition) is 4. The van der Waals surface area contributed by atoms with Crippen LogP contribution in [0.25, 0.3) is 11.0 Å². The zero-order chi connectivity index (χ0) is 22.3. The van der Waals surface area contributed by atoms with E-state index >= 15 is 0 Å². The fourth-order valence-electron chi connectivity index (χ4n) is 3.72. The van der Waals surface area contributed by atoms with E-state index in [-0.39, 0.29) is 18.3 Å². The van der Waals surface area contributed by atoms with E-state index in [1.54, 1.807) is 11.0 Å². The average Bonchev–Trinajstić information content (AvgIpc) is 2.72. The molecule has 0 spiro atoms. The van der Waals surface area contributed by atoms with Crippen LogP contribution in [0, 0.1) is 0 Å². The maximum atomic E-state index is 13.0. The van der Waals surface area contributed by atoms with Crippen molar-refractivity contribution in [3.8, 4) is 5.75 Å². The second kappa shape index (κ2) is 8.28. The molecule has 2 heterocycles. The highest BCUT2D eigenvalue weighted by molar-refractivity contribution is 6.33. The number of halogens is 5. The molecule has 1 aromatic heterocycles. The van der Waals surface area contributed by atoms with Gasteiger partial charge in [0.2, 0.25) is 0 Å². The van der Waals surface area contributed by atoms with Crippen LogP contribution in [-0.4, -0.2) is 6.73 Å². The van der Waals surface area contributed by atoms with Crippen molar-refractivity contribution in [1.29, 1.82) is 0 Å². The summed E-state index contributed by atoms with van der Waals surface area (Å²) in [6, 6.07) is 6.34. The first-order valence-corrected chi connectivity index (χ1v) is 10.5. The number of ether oxygens (including phenoxy) is 1. The monoisotopic (exact) mass is 471 g/mol. The van der Waals surface area contributed by atoms with Crippen molar-refractivity contribution >= 4 is 39.9 Å². The van der Waals surface area contributed by atoms with Crippen LogP contribution < -0.4 is 15.3 Å². The van der Waals surface area contributed by atoms with E-state index in [4.69, 9.17) is 32.4 Å². The second-order valence-corrected chi connectivity index (χ2v) is 8.19. The molecule has 0 amide bonds. The lowest BCUT2D eigenvalue weighted by Crippen LogP contribution is -2.32. The van der Waals surface area contributed by atoms with Crippen molar-refractivity contribution in [2.75, 3.05) is 11.6 Å². The highest BCUT2D eigenvalue weighted by Gasteiger charge is 2.32. The number of alkyl halides is 3. The van der Waals surface area contributed by atoms with Crippen LogP contribution in [0.3, 0.4) is 0 Å². The third-order valence-corrected chi connectivity index (χ3v) is 5.83. The molecule has 0 bridgehead atoms. The van der Waals surface area contributed by atoms with Gasteiger partial charge in [-0.1, -0.05) is 36.5 Å². The third kappa shape index (κ3) is 4.21. The highest BCUT2D eigenvalue weighted by Crippen LogP contribution is 2.42. The summed E-state index contributed by atoms with van der Waals surface area (Å²) in [7, 11) is 0. The number of nitrogens with zero attached hydrogens (tertiary/aromatic N) is 1. The number of hydrogen-bond donors (Lipinski definition) is 0. The van der Waals surface area contributed by atoms with Gasteiger partial charge in [-0.25, -0.2) is 4.79 Å². The molecular formula is C22H18Cl2F3NO3. The maximum Gasteiger partial charge on any atom is 0.416 e. The van der Waals surface area contributed by atoms with Gasteiger partial charge in [-0.2, -0.15) is 13.2 Å². The summed E-state index contributed by atoms with van der Waals surface area (Å²) in [5, 5.41) is 1.05. The van der Waals surface area contributed by atoms with Gasteiger partial charge in [0.05, 0.1) is 33.4 Å². The first-order chi connectivity index (χ1) is 14.7. The van der Waals surface area contributed by atoms with E-state index in [2.05, 4.69) is 6.92 Å². The van der Waals surface area contributed by atoms with Crippen LogP contribution in [0.4, 0.5) is 18.9 Å². The summed E-state index contributed by atoms with van der Waals surface area (Å²) in [6.07, 6.45) is -1.93. The zero-order valence-corrected chi connectivity index (χ0v) is 18.0. The van der Waals surface area contributed by atoms with E-state index in [1.807, 2.05) is 0 Å². The number of aryl methyl sites for hydroxylation is 1. The predicted octanol–water partition coefficient (Wildman–Crippen LogP) is 6.82. The molecule has 0 saturated heterocycles. The van der Waals surface area contributed by atoms with Crippen molar-refractivity contribution in [2.45, 2.75) is 38.9 Å². The Labute approximate surface area is 186 Å². The van der Waals surface area contributed by atoms with E-state index in [0.29, 0.717) is 34.0 Å². The highest BCUT2D eigenvalue weighted by atomic mass is 35.5. The summed E-state index contributed by atoms with van der Waals surface area (Å²) in [6.45, 7) is 2.29. The number of rotatable bonds is 4. The van der Waals surface area contributed by atoms with Gasteiger partial charge in [-0.15, -0.1) is 0 Å². The summed E-state index contributed by atoms with van der Waals surface area (Å²) in [5.74, 6) is 0.393. The Bertz CT molecular complexity index is 1210. The lowest BCUT2D eigenvalue weighted by Gasteiger charge is -2.32. The minimum Gasteiger partial charge on any atom is -0.471 e. The molecule has 2 aromatic carbocycles. The normalized spacial score (nSPS) is 13.9. The van der Waals surface area contributed by atoms with Gasteiger partial charge in [-0.05, 0) is 42.7 Å². The van der Waals surface area contributed by atoms with Crippen molar-refractivity contribution < 1.29 is 22.3 Å². The van der Waals surface area contributed by atoms with Gasteiger partial charge in [0.15, 0.2) is 6.73 Å². The Morgan fingerprint density at radius 1 is 1.13 bits per heavy atom. The minimum atomic E-state index is -4.49. The number of fused-ring (bicyclic) bond motifs is 3. The zero-order valence-electron chi connectivity index (χ0n) is 16.5. The number of unbranched alkanes of at least 4 members (excludes halogenated alkanes) is 1. The molecule has 0 unspecified atom stereocenters. The average molecular weight is 472 g/mol. The van der Waals surface area contributed by atoms with Gasteiger partial charge in [-0.3, -0.25) is 0 Å². The predicted molar refractivity (Wildman–Crippen MR) is 114 cm³/mol. The molecule has 0 atom stereocenters. The topological polar surface area (TPSA) is 42.7 Å². The molecule has 3 aromatic rings. The smallest absolute Gasteiger partial charge is 0.416 e. The first kappa shape index (κ1) is 21.8. The Hall–Kier alpha value is -2.38. The molecule has 4 rings (SSSR count). The molecule has 0 fully saturated rings. The number of anilines is 1. The molecule has 0 N–H and O–H groups in total. The molecule has 1 aliphatic heterocycles. The Kier molecular flexibility index (Phi) is 5.83. The molecule has 31 heavy (non-hydrogen) atoms. The van der Waals surface area contributed by atoms with Gasteiger partial charge in [0, 0.05) is 11.5 Å².